The molecule has 7 heteroatoms. The lowest BCUT2D eigenvalue weighted by atomic mass is 10.1. The minimum absolute atomic E-state index is 0.119. The van der Waals surface area contributed by atoms with Crippen molar-refractivity contribution in [3.05, 3.63) is 32.2 Å². The van der Waals surface area contributed by atoms with Gasteiger partial charge < -0.3 is 10.1 Å². The van der Waals surface area contributed by atoms with Gasteiger partial charge in [0.15, 0.2) is 5.75 Å². The van der Waals surface area contributed by atoms with Crippen LogP contribution in [-0.4, -0.2) is 23.9 Å². The molecule has 0 aliphatic heterocycles. The summed E-state index contributed by atoms with van der Waals surface area (Å²) in [5.41, 5.74) is 1.88. The minimum atomic E-state index is -0.119. The van der Waals surface area contributed by atoms with E-state index in [1.165, 1.54) is 11.3 Å². The van der Waals surface area contributed by atoms with E-state index in [0.29, 0.717) is 8.67 Å². The highest BCUT2D eigenvalue weighted by atomic mass is 35.5. The summed E-state index contributed by atoms with van der Waals surface area (Å²) in [4.78, 5) is 0. The Balaban J connectivity index is 2.56. The normalized spacial score (nSPS) is 12.9. The Morgan fingerprint density at radius 1 is 1.40 bits per heavy atom. The van der Waals surface area contributed by atoms with Crippen LogP contribution in [0.25, 0.3) is 0 Å². The van der Waals surface area contributed by atoms with Crippen LogP contribution in [0.1, 0.15) is 37.2 Å². The first-order chi connectivity index (χ1) is 9.49. The maximum atomic E-state index is 6.29. The van der Waals surface area contributed by atoms with Gasteiger partial charge in [-0.05, 0) is 27.0 Å². The molecule has 0 aromatic carbocycles. The Hall–Kier alpha value is -0.750. The summed E-state index contributed by atoms with van der Waals surface area (Å²) in [5.74, 6) is 0.733. The molecule has 2 rings (SSSR count). The van der Waals surface area contributed by atoms with Crippen LogP contribution in [0.3, 0.4) is 0 Å². The fourth-order valence-electron chi connectivity index (χ4n) is 2.19. The van der Waals surface area contributed by atoms with E-state index in [4.69, 9.17) is 27.9 Å². The van der Waals surface area contributed by atoms with Gasteiger partial charge >= 0.3 is 0 Å². The molecule has 0 aliphatic carbocycles. The molecule has 1 unspecified atom stereocenters. The zero-order chi connectivity index (χ0) is 14.9. The minimum Gasteiger partial charge on any atom is -0.493 e. The van der Waals surface area contributed by atoms with Gasteiger partial charge in [0, 0.05) is 11.6 Å². The molecule has 2 heterocycles. The van der Waals surface area contributed by atoms with Crippen LogP contribution in [0, 0.1) is 0 Å². The first kappa shape index (κ1) is 15.6. The lowest BCUT2D eigenvalue weighted by molar-refractivity contribution is 0.396. The number of aromatic nitrogens is 2. The fourth-order valence-corrected chi connectivity index (χ4v) is 3.72. The highest BCUT2D eigenvalue weighted by molar-refractivity contribution is 7.20. The predicted octanol–water partition coefficient (Wildman–Crippen LogP) is 4.15. The zero-order valence-corrected chi connectivity index (χ0v) is 14.1. The molecule has 0 amide bonds. The van der Waals surface area contributed by atoms with Crippen LogP contribution in [-0.2, 0) is 0 Å². The largest absolute Gasteiger partial charge is 0.493 e. The molecule has 0 radical (unpaired) electrons. The van der Waals surface area contributed by atoms with Crippen molar-refractivity contribution in [3.8, 4) is 5.75 Å². The van der Waals surface area contributed by atoms with E-state index in [9.17, 15) is 0 Å². The fraction of sp³-hybridized carbons (Fsp3) is 0.462. The second-order valence-corrected chi connectivity index (χ2v) is 6.92. The Morgan fingerprint density at radius 2 is 2.10 bits per heavy atom. The smallest absolute Gasteiger partial charge is 0.161 e. The average Bonchev–Trinajstić information content (AvgIpc) is 2.95. The summed E-state index contributed by atoms with van der Waals surface area (Å²) in [5, 5.41) is 7.66. The second-order valence-electron chi connectivity index (χ2n) is 4.64. The summed E-state index contributed by atoms with van der Waals surface area (Å²) in [6.45, 7) is 4.15. The number of methoxy groups -OCH3 is 1. The molecule has 0 fully saturated rings. The molecule has 0 spiro atoms. The van der Waals surface area contributed by atoms with Crippen molar-refractivity contribution in [2.45, 2.75) is 25.9 Å². The first-order valence-corrected chi connectivity index (χ1v) is 7.80. The van der Waals surface area contributed by atoms with Crippen molar-refractivity contribution in [1.29, 1.82) is 0 Å². The molecule has 2 aromatic heterocycles. The number of hydrogen-bond donors (Lipinski definition) is 1. The summed E-state index contributed by atoms with van der Waals surface area (Å²) < 4.78 is 8.70. The Labute approximate surface area is 132 Å². The lowest BCUT2D eigenvalue weighted by Gasteiger charge is -2.20. The standard InChI is InChI=1S/C13H17Cl2N3OS/c1-7(2)18-12(9(19-4)6-17-18)11(16-3)8-5-10(14)20-13(8)15/h5-7,11,16H,1-4H3. The van der Waals surface area contributed by atoms with Gasteiger partial charge in [-0.1, -0.05) is 23.2 Å². The van der Waals surface area contributed by atoms with Crippen LogP contribution < -0.4 is 10.1 Å². The molecule has 4 nitrogen and oxygen atoms in total. The third-order valence-corrected chi connectivity index (χ3v) is 4.58. The van der Waals surface area contributed by atoms with Gasteiger partial charge in [0.25, 0.3) is 0 Å². The van der Waals surface area contributed by atoms with Gasteiger partial charge in [-0.25, -0.2) is 0 Å². The molecule has 0 saturated heterocycles. The number of ether oxygens (including phenoxy) is 1. The van der Waals surface area contributed by atoms with Crippen LogP contribution in [0.5, 0.6) is 5.75 Å². The van der Waals surface area contributed by atoms with Crippen molar-refractivity contribution in [1.82, 2.24) is 15.1 Å². The van der Waals surface area contributed by atoms with Gasteiger partial charge in [0.05, 0.1) is 28.0 Å². The Morgan fingerprint density at radius 3 is 2.55 bits per heavy atom. The first-order valence-electron chi connectivity index (χ1n) is 6.23. The second kappa shape index (κ2) is 6.35. The summed E-state index contributed by atoms with van der Waals surface area (Å²) in [7, 11) is 3.52. The monoisotopic (exact) mass is 333 g/mol. The van der Waals surface area contributed by atoms with Crippen molar-refractivity contribution >= 4 is 34.5 Å². The van der Waals surface area contributed by atoms with E-state index < -0.39 is 0 Å². The number of thiophene rings is 1. The van der Waals surface area contributed by atoms with Gasteiger partial charge in [0.1, 0.15) is 5.69 Å². The van der Waals surface area contributed by atoms with Crippen molar-refractivity contribution in [2.24, 2.45) is 0 Å². The van der Waals surface area contributed by atoms with E-state index in [-0.39, 0.29) is 12.1 Å². The highest BCUT2D eigenvalue weighted by Crippen LogP contribution is 2.40. The molecule has 0 saturated carbocycles. The lowest BCUT2D eigenvalue weighted by Crippen LogP contribution is -2.23. The topological polar surface area (TPSA) is 39.1 Å². The van der Waals surface area contributed by atoms with Crippen molar-refractivity contribution < 1.29 is 4.74 Å². The zero-order valence-electron chi connectivity index (χ0n) is 11.8. The third kappa shape index (κ3) is 2.81. The molecular weight excluding hydrogens is 317 g/mol. The molecule has 0 bridgehead atoms. The van der Waals surface area contributed by atoms with Crippen molar-refractivity contribution in [2.75, 3.05) is 14.2 Å². The molecule has 110 valence electrons. The Bertz CT molecular complexity index is 594. The van der Waals surface area contributed by atoms with Crippen LogP contribution >= 0.6 is 34.5 Å². The summed E-state index contributed by atoms with van der Waals surface area (Å²) >= 11 is 13.7. The number of nitrogens with one attached hydrogen (secondary N) is 1. The molecule has 1 N–H and O–H groups in total. The molecule has 1 atom stereocenters. The van der Waals surface area contributed by atoms with Gasteiger partial charge in [-0.15, -0.1) is 11.3 Å². The van der Waals surface area contributed by atoms with Gasteiger partial charge in [0.2, 0.25) is 0 Å². The van der Waals surface area contributed by atoms with Crippen molar-refractivity contribution in [3.63, 3.8) is 0 Å². The van der Waals surface area contributed by atoms with E-state index in [1.54, 1.807) is 13.3 Å². The Kier molecular flexibility index (Phi) is 4.96. The van der Waals surface area contributed by atoms with E-state index >= 15 is 0 Å². The SMILES string of the molecule is CNC(c1cc(Cl)sc1Cl)c1c(OC)cnn1C(C)C. The average molecular weight is 334 g/mol. The predicted molar refractivity (Wildman–Crippen MR) is 84.4 cm³/mol. The van der Waals surface area contributed by atoms with Gasteiger partial charge in [-0.2, -0.15) is 5.10 Å². The third-order valence-electron chi connectivity index (χ3n) is 3.06. The van der Waals surface area contributed by atoms with Crippen LogP contribution in [0.15, 0.2) is 12.3 Å². The number of halogens is 2. The number of nitrogens with zero attached hydrogens (tertiary/aromatic N) is 2. The summed E-state index contributed by atoms with van der Waals surface area (Å²) in [6, 6.07) is 1.98. The summed E-state index contributed by atoms with van der Waals surface area (Å²) in [6.07, 6.45) is 1.72. The van der Waals surface area contributed by atoms with Crippen LogP contribution in [0.4, 0.5) is 0 Å². The van der Waals surface area contributed by atoms with E-state index in [2.05, 4.69) is 24.3 Å². The molecule has 0 aliphatic rings. The van der Waals surface area contributed by atoms with E-state index in [1.807, 2.05) is 17.8 Å². The maximum absolute atomic E-state index is 6.29. The maximum Gasteiger partial charge on any atom is 0.161 e. The highest BCUT2D eigenvalue weighted by Gasteiger charge is 2.26. The molecular formula is C13H17Cl2N3OS. The molecule has 20 heavy (non-hydrogen) atoms. The molecule has 2 aromatic rings. The quantitative estimate of drug-likeness (QED) is 0.893. The van der Waals surface area contributed by atoms with Crippen LogP contribution in [0.2, 0.25) is 8.67 Å². The number of hydrogen-bond acceptors (Lipinski definition) is 4. The van der Waals surface area contributed by atoms with Gasteiger partial charge in [-0.3, -0.25) is 4.68 Å². The van der Waals surface area contributed by atoms with E-state index in [0.717, 1.165) is 17.0 Å². The number of rotatable bonds is 5.